The van der Waals surface area contributed by atoms with E-state index in [-0.39, 0.29) is 0 Å². The van der Waals surface area contributed by atoms with Gasteiger partial charge in [-0.15, -0.1) is 0 Å². The summed E-state index contributed by atoms with van der Waals surface area (Å²) >= 11 is 0. The molecule has 64 heavy (non-hydrogen) atoms. The van der Waals surface area contributed by atoms with Gasteiger partial charge in [0.1, 0.15) is 11.5 Å². The molecule has 0 spiro atoms. The second-order valence-electron chi connectivity index (χ2n) is 16.6. The number of rotatable bonds is 4. The van der Waals surface area contributed by atoms with Crippen LogP contribution < -0.4 is 0 Å². The highest BCUT2D eigenvalue weighted by Gasteiger charge is 2.24. The highest BCUT2D eigenvalue weighted by molar-refractivity contribution is 6.28. The Kier molecular flexibility index (Phi) is 7.25. The Labute approximate surface area is 366 Å². The number of allylic oxidation sites excluding steroid dienone is 1. The van der Waals surface area contributed by atoms with Crippen molar-refractivity contribution < 1.29 is 0 Å². The van der Waals surface area contributed by atoms with Crippen LogP contribution in [0.5, 0.6) is 0 Å². The Hall–Kier alpha value is -8.85. The standard InChI is InChI=1S/C59H35N5/c1-3-17-38(18-4-1)49-27-16-32-55(60-49)64-52-30-13-9-25-44(52)47-34-33-46-43-24-8-12-29-51(43)63(58(46)59(47)64)41-22-15-21-40(37-41)61-53-31-14-10-26-48(53)56-54(61)36-35-45-42-23-7-11-28-50(42)62(57(45)56)39-19-5-2-6-20-39/h1-15,17-26,28-37H. The van der Waals surface area contributed by atoms with Crippen molar-refractivity contribution >= 4 is 98.8 Å². The van der Waals surface area contributed by atoms with Crippen LogP contribution in [0.25, 0.3) is 110 Å². The van der Waals surface area contributed by atoms with E-state index in [0.717, 1.165) is 67.3 Å². The van der Waals surface area contributed by atoms with Crippen LogP contribution >= 0.6 is 0 Å². The summed E-state index contributed by atoms with van der Waals surface area (Å²) in [7, 11) is 0. The fourth-order valence-corrected chi connectivity index (χ4v) is 10.6. The molecule has 1 aliphatic heterocycles. The first-order valence-electron chi connectivity index (χ1n) is 21.7. The molecule has 0 bridgehead atoms. The first-order valence-corrected chi connectivity index (χ1v) is 21.7. The Morgan fingerprint density at radius 1 is 0.328 bits per heavy atom. The summed E-state index contributed by atoms with van der Waals surface area (Å²) in [5.74, 6) is 0.798. The van der Waals surface area contributed by atoms with Crippen molar-refractivity contribution in [3.8, 4) is 17.1 Å². The maximum atomic E-state index is 5.28. The van der Waals surface area contributed by atoms with Crippen LogP contribution in [-0.2, 0) is 0 Å². The van der Waals surface area contributed by atoms with Crippen molar-refractivity contribution in [3.05, 3.63) is 229 Å². The number of fused-ring (bicyclic) bond motifs is 14. The summed E-state index contributed by atoms with van der Waals surface area (Å²) in [5.41, 5.74) is 20.9. The molecule has 14 rings (SSSR count). The maximum absolute atomic E-state index is 5.28. The second kappa shape index (κ2) is 13.3. The third-order valence-electron chi connectivity index (χ3n) is 13.2. The molecule has 5 heterocycles. The van der Waals surface area contributed by atoms with Gasteiger partial charge >= 0.3 is 0 Å². The number of hydrogen-bond donors (Lipinski definition) is 0. The predicted molar refractivity (Wildman–Crippen MR) is 267 cm³/mol. The molecule has 0 saturated carbocycles. The molecule has 9 aromatic carbocycles. The number of nitrogens with zero attached hydrogens (tertiary/aromatic N) is 5. The van der Waals surface area contributed by atoms with Crippen LogP contribution in [-0.4, -0.2) is 24.1 Å². The summed E-state index contributed by atoms with van der Waals surface area (Å²) in [6, 6.07) is 74.4. The molecule has 13 aromatic rings. The highest BCUT2D eigenvalue weighted by atomic mass is 15.1. The fraction of sp³-hybridized carbons (Fsp3) is 0. The van der Waals surface area contributed by atoms with Gasteiger partial charge in [0.25, 0.3) is 0 Å². The summed E-state index contributed by atoms with van der Waals surface area (Å²) in [6.07, 6.45) is 1.96. The molecule has 0 N–H and O–H groups in total. The molecule has 0 amide bonds. The lowest BCUT2D eigenvalue weighted by atomic mass is 10.1. The lowest BCUT2D eigenvalue weighted by Gasteiger charge is -2.15. The van der Waals surface area contributed by atoms with Gasteiger partial charge in [0.15, 0.2) is 0 Å². The SMILES string of the molecule is C1=C=C(c2ccccc2)N=C(n2c3ccccc3c3ccc4c5ccccc5n(-c5cccc(-n6c7ccccc7c7c6ccc6c8ccccc8n(-c8ccccc8)c67)c5)c4c32)C=1. The molecule has 4 aromatic heterocycles. The largest absolute Gasteiger partial charge is 0.309 e. The van der Waals surface area contributed by atoms with Crippen molar-refractivity contribution in [1.82, 2.24) is 18.3 Å². The van der Waals surface area contributed by atoms with Gasteiger partial charge in [-0.05, 0) is 66.4 Å². The van der Waals surface area contributed by atoms with Crippen molar-refractivity contribution in [2.75, 3.05) is 0 Å². The average Bonchev–Trinajstić information content (AvgIpc) is 4.10. The first kappa shape index (κ1) is 34.8. The van der Waals surface area contributed by atoms with Crippen molar-refractivity contribution in [1.29, 1.82) is 0 Å². The van der Waals surface area contributed by atoms with Gasteiger partial charge < -0.3 is 13.7 Å². The zero-order valence-corrected chi connectivity index (χ0v) is 34.4. The molecule has 5 heteroatoms. The molecule has 0 aliphatic carbocycles. The van der Waals surface area contributed by atoms with Gasteiger partial charge in [-0.1, -0.05) is 151 Å². The van der Waals surface area contributed by atoms with Gasteiger partial charge in [-0.2, -0.15) is 0 Å². The van der Waals surface area contributed by atoms with Gasteiger partial charge in [0, 0.05) is 71.8 Å². The Morgan fingerprint density at radius 3 is 1.45 bits per heavy atom. The van der Waals surface area contributed by atoms with E-state index in [1.54, 1.807) is 0 Å². The minimum Gasteiger partial charge on any atom is -0.309 e. The predicted octanol–water partition coefficient (Wildman–Crippen LogP) is 14.7. The van der Waals surface area contributed by atoms with E-state index in [0.29, 0.717) is 0 Å². The van der Waals surface area contributed by atoms with E-state index in [1.807, 2.05) is 24.3 Å². The maximum Gasteiger partial charge on any atom is 0.147 e. The van der Waals surface area contributed by atoms with E-state index in [2.05, 4.69) is 218 Å². The van der Waals surface area contributed by atoms with Gasteiger partial charge in [0.05, 0.1) is 44.1 Å². The molecular weight excluding hydrogens is 779 g/mol. The van der Waals surface area contributed by atoms with E-state index in [1.165, 1.54) is 54.1 Å². The van der Waals surface area contributed by atoms with Gasteiger partial charge in [-0.25, -0.2) is 4.99 Å². The van der Waals surface area contributed by atoms with E-state index < -0.39 is 0 Å². The van der Waals surface area contributed by atoms with Crippen molar-refractivity contribution in [2.24, 2.45) is 4.99 Å². The number of benzene rings is 9. The Morgan fingerprint density at radius 2 is 0.797 bits per heavy atom. The smallest absolute Gasteiger partial charge is 0.147 e. The number of aliphatic imine (C=N–C) groups is 1. The molecule has 296 valence electrons. The lowest BCUT2D eigenvalue weighted by Crippen LogP contribution is -2.10. The molecule has 1 aliphatic rings. The normalized spacial score (nSPS) is 12.9. The second-order valence-corrected chi connectivity index (χ2v) is 16.6. The molecule has 0 unspecified atom stereocenters. The summed E-state index contributed by atoms with van der Waals surface area (Å²) in [5, 5.41) is 9.66. The summed E-state index contributed by atoms with van der Waals surface area (Å²) in [6.45, 7) is 0. The van der Waals surface area contributed by atoms with E-state index >= 15 is 0 Å². The van der Waals surface area contributed by atoms with Crippen LogP contribution in [0, 0.1) is 0 Å². The topological polar surface area (TPSA) is 32.1 Å². The number of aromatic nitrogens is 4. The summed E-state index contributed by atoms with van der Waals surface area (Å²) in [4.78, 5) is 5.28. The van der Waals surface area contributed by atoms with Crippen LogP contribution in [0.15, 0.2) is 229 Å². The van der Waals surface area contributed by atoms with Crippen molar-refractivity contribution in [2.45, 2.75) is 0 Å². The quantitative estimate of drug-likeness (QED) is 0.159. The van der Waals surface area contributed by atoms with Crippen LogP contribution in [0.2, 0.25) is 0 Å². The number of para-hydroxylation sites is 5. The highest BCUT2D eigenvalue weighted by Crippen LogP contribution is 2.44. The zero-order chi connectivity index (χ0) is 41.9. The summed E-state index contributed by atoms with van der Waals surface area (Å²) < 4.78 is 9.68. The molecular formula is C59H35N5. The minimum absolute atomic E-state index is 0.761. The van der Waals surface area contributed by atoms with Crippen LogP contribution in [0.4, 0.5) is 0 Å². The molecule has 0 atom stereocenters. The average molecular weight is 814 g/mol. The van der Waals surface area contributed by atoms with Crippen molar-refractivity contribution in [3.63, 3.8) is 0 Å². The lowest BCUT2D eigenvalue weighted by molar-refractivity contribution is 1.13. The van der Waals surface area contributed by atoms with E-state index in [9.17, 15) is 0 Å². The Balaban J connectivity index is 1.06. The zero-order valence-electron chi connectivity index (χ0n) is 34.4. The molecule has 0 fully saturated rings. The first-order chi connectivity index (χ1) is 31.8. The molecule has 0 saturated heterocycles. The van der Waals surface area contributed by atoms with Crippen LogP contribution in [0.1, 0.15) is 5.56 Å². The van der Waals surface area contributed by atoms with Crippen LogP contribution in [0.3, 0.4) is 0 Å². The molecule has 0 radical (unpaired) electrons. The number of hydrogen-bond acceptors (Lipinski definition) is 1. The molecule has 5 nitrogen and oxygen atoms in total. The van der Waals surface area contributed by atoms with Gasteiger partial charge in [0.2, 0.25) is 0 Å². The monoisotopic (exact) mass is 813 g/mol. The Bertz CT molecular complexity index is 4250. The minimum atomic E-state index is 0.761. The van der Waals surface area contributed by atoms with Gasteiger partial charge in [-0.3, -0.25) is 4.57 Å². The fourth-order valence-electron chi connectivity index (χ4n) is 10.6. The third-order valence-corrected chi connectivity index (χ3v) is 13.2. The third kappa shape index (κ3) is 4.82. The van der Waals surface area contributed by atoms with E-state index in [4.69, 9.17) is 4.99 Å².